The number of hydrogen-bond acceptors (Lipinski definition) is 6. The molecule has 152 valence electrons. The van der Waals surface area contributed by atoms with Gasteiger partial charge in [0.1, 0.15) is 10.9 Å². The third-order valence-electron chi connectivity index (χ3n) is 4.85. The summed E-state index contributed by atoms with van der Waals surface area (Å²) in [5.74, 6) is 1.76. The van der Waals surface area contributed by atoms with Crippen LogP contribution in [-0.4, -0.2) is 29.7 Å². The fraction of sp³-hybridized carbons (Fsp3) is 0.500. The Labute approximate surface area is 176 Å². The lowest BCUT2D eigenvalue weighted by atomic mass is 9.90. The SMILES string of the molecule is CC(C)(C)c1cc(Sc2nnc(-c3ccncc3)n2C2CC2)nc(C(C)(C)C)n1. The highest BCUT2D eigenvalue weighted by molar-refractivity contribution is 7.99. The molecule has 1 saturated carbocycles. The van der Waals surface area contributed by atoms with E-state index in [1.54, 1.807) is 24.2 Å². The van der Waals surface area contributed by atoms with Gasteiger partial charge >= 0.3 is 0 Å². The van der Waals surface area contributed by atoms with Gasteiger partial charge in [0.25, 0.3) is 0 Å². The van der Waals surface area contributed by atoms with Gasteiger partial charge in [-0.2, -0.15) is 0 Å². The van der Waals surface area contributed by atoms with Crippen LogP contribution in [0, 0.1) is 0 Å². The summed E-state index contributed by atoms with van der Waals surface area (Å²) in [5.41, 5.74) is 1.92. The molecule has 29 heavy (non-hydrogen) atoms. The van der Waals surface area contributed by atoms with E-state index < -0.39 is 0 Å². The molecular formula is C22H28N6S. The average Bonchev–Trinajstić information content (AvgIpc) is 3.41. The van der Waals surface area contributed by atoms with Gasteiger partial charge in [0.15, 0.2) is 11.0 Å². The Kier molecular flexibility index (Phi) is 4.97. The number of hydrogen-bond donors (Lipinski definition) is 0. The Morgan fingerprint density at radius 1 is 0.931 bits per heavy atom. The standard InChI is InChI=1S/C22H28N6S/c1-21(2,3)16-13-17(25-19(24-16)22(4,5)6)29-20-27-26-18(28(20)15-7-8-15)14-9-11-23-12-10-14/h9-13,15H,7-8H2,1-6H3. The highest BCUT2D eigenvalue weighted by Gasteiger charge is 2.31. The van der Waals surface area contributed by atoms with Gasteiger partial charge in [0, 0.05) is 34.8 Å². The average molecular weight is 409 g/mol. The van der Waals surface area contributed by atoms with Crippen molar-refractivity contribution in [1.29, 1.82) is 0 Å². The predicted octanol–water partition coefficient (Wildman–Crippen LogP) is 5.21. The van der Waals surface area contributed by atoms with Crippen molar-refractivity contribution >= 4 is 11.8 Å². The van der Waals surface area contributed by atoms with Crippen molar-refractivity contribution in [3.8, 4) is 11.4 Å². The van der Waals surface area contributed by atoms with Crippen LogP contribution in [0.2, 0.25) is 0 Å². The second-order valence-corrected chi connectivity index (χ2v) is 10.6. The normalized spacial score (nSPS) is 15.0. The van der Waals surface area contributed by atoms with E-state index in [-0.39, 0.29) is 10.8 Å². The van der Waals surface area contributed by atoms with Crippen LogP contribution in [-0.2, 0) is 10.8 Å². The molecule has 4 rings (SSSR count). The highest BCUT2D eigenvalue weighted by Crippen LogP contribution is 2.42. The molecule has 0 N–H and O–H groups in total. The van der Waals surface area contributed by atoms with Crippen molar-refractivity contribution in [2.24, 2.45) is 0 Å². The van der Waals surface area contributed by atoms with E-state index in [0.29, 0.717) is 6.04 Å². The number of pyridine rings is 1. The Morgan fingerprint density at radius 3 is 2.21 bits per heavy atom. The van der Waals surface area contributed by atoms with E-state index in [1.807, 2.05) is 12.1 Å². The van der Waals surface area contributed by atoms with Crippen molar-refractivity contribution < 1.29 is 0 Å². The second kappa shape index (κ2) is 7.20. The number of aromatic nitrogens is 6. The molecule has 0 radical (unpaired) electrons. The quantitative estimate of drug-likeness (QED) is 0.552. The zero-order valence-corrected chi connectivity index (χ0v) is 18.8. The molecule has 1 fully saturated rings. The molecule has 0 bridgehead atoms. The lowest BCUT2D eigenvalue weighted by Gasteiger charge is -2.23. The largest absolute Gasteiger partial charge is 0.299 e. The molecule has 3 aromatic heterocycles. The van der Waals surface area contributed by atoms with Gasteiger partial charge in [-0.15, -0.1) is 10.2 Å². The molecule has 0 atom stereocenters. The second-order valence-electron chi connectivity index (χ2n) is 9.66. The van der Waals surface area contributed by atoms with Crippen molar-refractivity contribution in [2.45, 2.75) is 81.4 Å². The maximum atomic E-state index is 4.88. The summed E-state index contributed by atoms with van der Waals surface area (Å²) in [6.45, 7) is 13.0. The predicted molar refractivity (Wildman–Crippen MR) is 115 cm³/mol. The molecule has 0 unspecified atom stereocenters. The molecule has 0 aliphatic heterocycles. The first-order valence-electron chi connectivity index (χ1n) is 10.1. The molecular weight excluding hydrogens is 380 g/mol. The highest BCUT2D eigenvalue weighted by atomic mass is 32.2. The molecule has 7 heteroatoms. The van der Waals surface area contributed by atoms with Gasteiger partial charge in [-0.3, -0.25) is 9.55 Å². The summed E-state index contributed by atoms with van der Waals surface area (Å²) in [5, 5.41) is 10.8. The molecule has 0 amide bonds. The fourth-order valence-electron chi connectivity index (χ4n) is 3.00. The van der Waals surface area contributed by atoms with Crippen molar-refractivity contribution in [2.75, 3.05) is 0 Å². The molecule has 6 nitrogen and oxygen atoms in total. The van der Waals surface area contributed by atoms with Gasteiger partial charge in [-0.1, -0.05) is 41.5 Å². The summed E-state index contributed by atoms with van der Waals surface area (Å²) >= 11 is 1.58. The van der Waals surface area contributed by atoms with Crippen LogP contribution in [0.25, 0.3) is 11.4 Å². The van der Waals surface area contributed by atoms with Crippen molar-refractivity contribution in [3.63, 3.8) is 0 Å². The minimum atomic E-state index is -0.122. The van der Waals surface area contributed by atoms with Gasteiger partial charge in [0.2, 0.25) is 0 Å². The van der Waals surface area contributed by atoms with Gasteiger partial charge in [-0.05, 0) is 42.8 Å². The summed E-state index contributed by atoms with van der Waals surface area (Å²) in [7, 11) is 0. The Hall–Kier alpha value is -2.28. The number of rotatable bonds is 4. The monoisotopic (exact) mass is 408 g/mol. The fourth-order valence-corrected chi connectivity index (χ4v) is 3.90. The summed E-state index contributed by atoms with van der Waals surface area (Å²) < 4.78 is 2.26. The van der Waals surface area contributed by atoms with Gasteiger partial charge < -0.3 is 0 Å². The molecule has 1 aliphatic rings. The van der Waals surface area contributed by atoms with Crippen LogP contribution >= 0.6 is 11.8 Å². The third kappa shape index (κ3) is 4.34. The first kappa shape index (κ1) is 20.0. The minimum Gasteiger partial charge on any atom is -0.299 e. The first-order chi connectivity index (χ1) is 13.6. The molecule has 0 spiro atoms. The lowest BCUT2D eigenvalue weighted by Crippen LogP contribution is -2.22. The third-order valence-corrected chi connectivity index (χ3v) is 5.73. The van der Waals surface area contributed by atoms with E-state index in [9.17, 15) is 0 Å². The lowest BCUT2D eigenvalue weighted by molar-refractivity contribution is 0.505. The minimum absolute atomic E-state index is 0.0510. The molecule has 0 saturated heterocycles. The van der Waals surface area contributed by atoms with Crippen molar-refractivity contribution in [3.05, 3.63) is 42.1 Å². The zero-order chi connectivity index (χ0) is 20.8. The zero-order valence-electron chi connectivity index (χ0n) is 18.0. The summed E-state index contributed by atoms with van der Waals surface area (Å²) in [4.78, 5) is 13.9. The van der Waals surface area contributed by atoms with Crippen LogP contribution < -0.4 is 0 Å². The van der Waals surface area contributed by atoms with E-state index in [0.717, 1.165) is 45.9 Å². The number of nitrogens with zero attached hydrogens (tertiary/aromatic N) is 6. The molecule has 0 aromatic carbocycles. The Morgan fingerprint density at radius 2 is 1.62 bits per heavy atom. The van der Waals surface area contributed by atoms with Crippen LogP contribution in [0.4, 0.5) is 0 Å². The molecule has 3 heterocycles. The van der Waals surface area contributed by atoms with Crippen LogP contribution in [0.15, 0.2) is 40.8 Å². The van der Waals surface area contributed by atoms with E-state index in [1.165, 1.54) is 0 Å². The first-order valence-corrected chi connectivity index (χ1v) is 10.9. The van der Waals surface area contributed by atoms with Gasteiger partial charge in [-0.25, -0.2) is 9.97 Å². The van der Waals surface area contributed by atoms with E-state index in [4.69, 9.17) is 9.97 Å². The van der Waals surface area contributed by atoms with Crippen LogP contribution in [0.1, 0.15) is 71.9 Å². The summed E-state index contributed by atoms with van der Waals surface area (Å²) in [6, 6.07) is 6.52. The topological polar surface area (TPSA) is 69.4 Å². The van der Waals surface area contributed by atoms with Crippen LogP contribution in [0.3, 0.4) is 0 Å². The smallest absolute Gasteiger partial charge is 0.198 e. The maximum Gasteiger partial charge on any atom is 0.198 e. The van der Waals surface area contributed by atoms with E-state index >= 15 is 0 Å². The van der Waals surface area contributed by atoms with E-state index in [2.05, 4.69) is 67.4 Å². The van der Waals surface area contributed by atoms with Crippen LogP contribution in [0.5, 0.6) is 0 Å². The van der Waals surface area contributed by atoms with Gasteiger partial charge in [0.05, 0.1) is 5.69 Å². The molecule has 1 aliphatic carbocycles. The Bertz CT molecular complexity index is 978. The molecule has 3 aromatic rings. The van der Waals surface area contributed by atoms with Crippen molar-refractivity contribution in [1.82, 2.24) is 29.7 Å². The Balaban J connectivity index is 1.76. The maximum absolute atomic E-state index is 4.88. The summed E-state index contributed by atoms with van der Waals surface area (Å²) in [6.07, 6.45) is 5.91.